The van der Waals surface area contributed by atoms with Crippen molar-refractivity contribution in [3.05, 3.63) is 0 Å². The fourth-order valence-corrected chi connectivity index (χ4v) is 2.69. The van der Waals surface area contributed by atoms with Gasteiger partial charge in [0.25, 0.3) is 0 Å². The molecular formula is C15H32N2. The molecule has 0 aromatic heterocycles. The van der Waals surface area contributed by atoms with Crippen LogP contribution in [0.2, 0.25) is 0 Å². The lowest BCUT2D eigenvalue weighted by molar-refractivity contribution is 0.109. The minimum absolute atomic E-state index is 0.371. The summed E-state index contributed by atoms with van der Waals surface area (Å²) in [5.41, 5.74) is 6.59. The Labute approximate surface area is 108 Å². The molecule has 2 nitrogen and oxygen atoms in total. The van der Waals surface area contributed by atoms with Gasteiger partial charge in [0.1, 0.15) is 0 Å². The summed E-state index contributed by atoms with van der Waals surface area (Å²) in [6.07, 6.45) is 3.87. The number of nitrogens with zero attached hydrogens (tertiary/aromatic N) is 1. The van der Waals surface area contributed by atoms with Gasteiger partial charge >= 0.3 is 0 Å². The van der Waals surface area contributed by atoms with Crippen LogP contribution in [0.15, 0.2) is 0 Å². The van der Waals surface area contributed by atoms with Crippen molar-refractivity contribution < 1.29 is 0 Å². The smallest absolute Gasteiger partial charge is 0.00740 e. The second-order valence-electron chi connectivity index (χ2n) is 7.18. The zero-order valence-corrected chi connectivity index (χ0v) is 12.5. The van der Waals surface area contributed by atoms with Crippen LogP contribution in [0.3, 0.4) is 0 Å². The molecule has 1 aliphatic rings. The summed E-state index contributed by atoms with van der Waals surface area (Å²) in [6, 6.07) is 0.371. The van der Waals surface area contributed by atoms with Crippen molar-refractivity contribution in [1.29, 1.82) is 0 Å². The van der Waals surface area contributed by atoms with Crippen molar-refractivity contribution in [3.8, 4) is 0 Å². The molecule has 0 saturated carbocycles. The third kappa shape index (κ3) is 4.97. The Balaban J connectivity index is 2.24. The summed E-state index contributed by atoms with van der Waals surface area (Å²) in [5.74, 6) is 1.51. The predicted molar refractivity (Wildman–Crippen MR) is 76.0 cm³/mol. The minimum atomic E-state index is 0.371. The third-order valence-corrected chi connectivity index (χ3v) is 4.45. The Morgan fingerprint density at radius 1 is 1.18 bits per heavy atom. The van der Waals surface area contributed by atoms with Crippen molar-refractivity contribution in [2.45, 2.75) is 59.9 Å². The largest absolute Gasteiger partial charge is 0.327 e. The van der Waals surface area contributed by atoms with Crippen molar-refractivity contribution in [1.82, 2.24) is 4.90 Å². The maximum Gasteiger partial charge on any atom is 0.00740 e. The number of hydrogen-bond donors (Lipinski definition) is 1. The quantitative estimate of drug-likeness (QED) is 0.818. The molecule has 0 bridgehead atoms. The minimum Gasteiger partial charge on any atom is -0.327 e. The van der Waals surface area contributed by atoms with Crippen LogP contribution in [0, 0.1) is 17.3 Å². The molecule has 1 aliphatic heterocycles. The molecule has 1 fully saturated rings. The lowest BCUT2D eigenvalue weighted by Gasteiger charge is -2.39. The third-order valence-electron chi connectivity index (χ3n) is 4.45. The van der Waals surface area contributed by atoms with Crippen LogP contribution >= 0.6 is 0 Å². The van der Waals surface area contributed by atoms with E-state index in [1.54, 1.807) is 0 Å². The van der Waals surface area contributed by atoms with E-state index in [-0.39, 0.29) is 0 Å². The summed E-state index contributed by atoms with van der Waals surface area (Å²) in [5, 5.41) is 0. The van der Waals surface area contributed by atoms with E-state index < -0.39 is 0 Å². The maximum absolute atomic E-state index is 6.10. The average molecular weight is 240 g/mol. The summed E-state index contributed by atoms with van der Waals surface area (Å²) in [7, 11) is 0. The molecule has 2 N–H and O–H groups in total. The second-order valence-corrected chi connectivity index (χ2v) is 7.18. The molecule has 0 aromatic carbocycles. The van der Waals surface area contributed by atoms with E-state index in [9.17, 15) is 0 Å². The van der Waals surface area contributed by atoms with Gasteiger partial charge in [-0.3, -0.25) is 0 Å². The second kappa shape index (κ2) is 6.19. The molecule has 1 heterocycles. The summed E-state index contributed by atoms with van der Waals surface area (Å²) in [6.45, 7) is 15.3. The topological polar surface area (TPSA) is 29.3 Å². The van der Waals surface area contributed by atoms with E-state index in [0.717, 1.165) is 12.3 Å². The first kappa shape index (κ1) is 15.0. The monoisotopic (exact) mass is 240 g/mol. The SMILES string of the molecule is CC(C)C(N)CCN1CCC(C(C)(C)C)CC1. The van der Waals surface area contributed by atoms with Crippen molar-refractivity contribution in [3.63, 3.8) is 0 Å². The van der Waals surface area contributed by atoms with Gasteiger partial charge in [0.15, 0.2) is 0 Å². The summed E-state index contributed by atoms with van der Waals surface area (Å²) in [4.78, 5) is 2.60. The molecule has 1 saturated heterocycles. The first-order valence-corrected chi connectivity index (χ1v) is 7.28. The molecule has 1 unspecified atom stereocenters. The molecule has 1 atom stereocenters. The van der Waals surface area contributed by atoms with Crippen molar-refractivity contribution >= 4 is 0 Å². The highest BCUT2D eigenvalue weighted by molar-refractivity contribution is 4.81. The average Bonchev–Trinajstić information content (AvgIpc) is 2.25. The van der Waals surface area contributed by atoms with Crippen LogP contribution in [0.25, 0.3) is 0 Å². The Hall–Kier alpha value is -0.0800. The number of likely N-dealkylation sites (tertiary alicyclic amines) is 1. The van der Waals surface area contributed by atoms with E-state index >= 15 is 0 Å². The first-order valence-electron chi connectivity index (χ1n) is 7.28. The van der Waals surface area contributed by atoms with E-state index in [0.29, 0.717) is 17.4 Å². The lowest BCUT2D eigenvalue weighted by atomic mass is 9.75. The van der Waals surface area contributed by atoms with Gasteiger partial charge in [0.05, 0.1) is 0 Å². The Bertz CT molecular complexity index is 209. The fourth-order valence-electron chi connectivity index (χ4n) is 2.69. The zero-order chi connectivity index (χ0) is 13.1. The van der Waals surface area contributed by atoms with Gasteiger partial charge in [-0.15, -0.1) is 0 Å². The van der Waals surface area contributed by atoms with E-state index in [1.807, 2.05) is 0 Å². The Kier molecular flexibility index (Phi) is 5.46. The van der Waals surface area contributed by atoms with Gasteiger partial charge in [-0.2, -0.15) is 0 Å². The van der Waals surface area contributed by atoms with Gasteiger partial charge in [-0.1, -0.05) is 34.6 Å². The number of piperidine rings is 1. The highest BCUT2D eigenvalue weighted by atomic mass is 15.1. The molecule has 0 spiro atoms. The van der Waals surface area contributed by atoms with Crippen LogP contribution in [0.4, 0.5) is 0 Å². The Morgan fingerprint density at radius 2 is 1.71 bits per heavy atom. The highest BCUT2D eigenvalue weighted by Crippen LogP contribution is 2.34. The number of rotatable bonds is 4. The van der Waals surface area contributed by atoms with E-state index in [4.69, 9.17) is 5.73 Å². The lowest BCUT2D eigenvalue weighted by Crippen LogP contribution is -2.40. The van der Waals surface area contributed by atoms with E-state index in [1.165, 1.54) is 32.5 Å². The van der Waals surface area contributed by atoms with Gasteiger partial charge in [0, 0.05) is 6.04 Å². The van der Waals surface area contributed by atoms with Crippen LogP contribution in [-0.4, -0.2) is 30.6 Å². The molecule has 0 aromatic rings. The van der Waals surface area contributed by atoms with Crippen LogP contribution in [0.5, 0.6) is 0 Å². The molecule has 0 amide bonds. The maximum atomic E-state index is 6.10. The molecule has 1 rings (SSSR count). The summed E-state index contributed by atoms with van der Waals surface area (Å²) >= 11 is 0. The van der Waals surface area contributed by atoms with Crippen LogP contribution < -0.4 is 5.73 Å². The standard InChI is InChI=1S/C15H32N2/c1-12(2)14(16)8-11-17-9-6-13(7-10-17)15(3,4)5/h12-14H,6-11,16H2,1-5H3. The predicted octanol–water partition coefficient (Wildman–Crippen LogP) is 3.12. The molecule has 2 heteroatoms. The first-order chi connectivity index (χ1) is 7.80. The molecule has 0 aliphatic carbocycles. The number of hydrogen-bond acceptors (Lipinski definition) is 2. The summed E-state index contributed by atoms with van der Waals surface area (Å²) < 4.78 is 0. The number of nitrogens with two attached hydrogens (primary N) is 1. The van der Waals surface area contributed by atoms with Crippen LogP contribution in [-0.2, 0) is 0 Å². The molecular weight excluding hydrogens is 208 g/mol. The van der Waals surface area contributed by atoms with Crippen molar-refractivity contribution in [2.75, 3.05) is 19.6 Å². The van der Waals surface area contributed by atoms with Crippen molar-refractivity contribution in [2.24, 2.45) is 23.0 Å². The van der Waals surface area contributed by atoms with Crippen LogP contribution in [0.1, 0.15) is 53.9 Å². The highest BCUT2D eigenvalue weighted by Gasteiger charge is 2.28. The van der Waals surface area contributed by atoms with Gasteiger partial charge in [0.2, 0.25) is 0 Å². The Morgan fingerprint density at radius 3 is 2.12 bits per heavy atom. The van der Waals surface area contributed by atoms with E-state index in [2.05, 4.69) is 39.5 Å². The normalized spacial score (nSPS) is 22.1. The van der Waals surface area contributed by atoms with Gasteiger partial charge < -0.3 is 10.6 Å². The zero-order valence-electron chi connectivity index (χ0n) is 12.5. The van der Waals surface area contributed by atoms with Gasteiger partial charge in [-0.25, -0.2) is 0 Å². The molecule has 102 valence electrons. The van der Waals surface area contributed by atoms with Gasteiger partial charge in [-0.05, 0) is 56.1 Å². The fraction of sp³-hybridized carbons (Fsp3) is 1.00. The molecule has 0 radical (unpaired) electrons. The molecule has 17 heavy (non-hydrogen) atoms.